The fourth-order valence-electron chi connectivity index (χ4n) is 2.87. The molecule has 0 heterocycles. The van der Waals surface area contributed by atoms with Crippen molar-refractivity contribution in [1.82, 2.24) is 0 Å². The van der Waals surface area contributed by atoms with E-state index in [2.05, 4.69) is 6.92 Å². The third-order valence-corrected chi connectivity index (χ3v) is 5.95. The van der Waals surface area contributed by atoms with Gasteiger partial charge in [-0.1, -0.05) is 49.6 Å². The van der Waals surface area contributed by atoms with E-state index in [1.54, 1.807) is 12.5 Å². The Morgan fingerprint density at radius 1 is 1.15 bits per heavy atom. The zero-order chi connectivity index (χ0) is 19.2. The summed E-state index contributed by atoms with van der Waals surface area (Å²) >= 11 is 0. The lowest BCUT2D eigenvalue weighted by Gasteiger charge is -2.30. The molecule has 2 aromatic rings. The lowest BCUT2D eigenvalue weighted by molar-refractivity contribution is 0.0642. The summed E-state index contributed by atoms with van der Waals surface area (Å²) in [7, 11) is 0.319. The Labute approximate surface area is 159 Å². The third kappa shape index (κ3) is 4.83. The quantitative estimate of drug-likeness (QED) is 0.702. The van der Waals surface area contributed by atoms with Crippen LogP contribution in [0.25, 0.3) is 0 Å². The Morgan fingerprint density at radius 3 is 2.31 bits per heavy atom. The highest BCUT2D eigenvalue weighted by Gasteiger charge is 2.31. The van der Waals surface area contributed by atoms with Gasteiger partial charge in [0.25, 0.3) is 0 Å². The molecule has 0 radical (unpaired) electrons. The maximum absolute atomic E-state index is 12.7. The zero-order valence-electron chi connectivity index (χ0n) is 16.0. The molecule has 140 valence electrons. The second kappa shape index (κ2) is 9.15. The van der Waals surface area contributed by atoms with Gasteiger partial charge in [0.15, 0.2) is 0 Å². The molecule has 0 saturated heterocycles. The van der Waals surface area contributed by atoms with E-state index in [0.29, 0.717) is 12.0 Å². The second-order valence-corrected chi connectivity index (χ2v) is 7.91. The molecule has 2 rings (SSSR count). The van der Waals surface area contributed by atoms with Crippen molar-refractivity contribution in [1.29, 1.82) is 0 Å². The molecule has 0 amide bonds. The molecule has 4 heteroatoms. The molecule has 0 aromatic heterocycles. The molecule has 2 atom stereocenters. The molecule has 0 aliphatic heterocycles. The summed E-state index contributed by atoms with van der Waals surface area (Å²) in [6.45, 7) is 5.95. The van der Waals surface area contributed by atoms with Crippen LogP contribution >= 0.6 is 0 Å². The van der Waals surface area contributed by atoms with Gasteiger partial charge in [0.2, 0.25) is 0 Å². The molecular formula is C22H28O3S. The van der Waals surface area contributed by atoms with E-state index in [0.717, 1.165) is 34.6 Å². The van der Waals surface area contributed by atoms with Crippen molar-refractivity contribution in [2.45, 2.75) is 50.5 Å². The Bertz CT molecular complexity index is 763. The average Bonchev–Trinajstić information content (AvgIpc) is 2.66. The topological polar surface area (TPSA) is 46.5 Å². The molecule has 0 fully saturated rings. The Balaban J connectivity index is 2.36. The highest BCUT2D eigenvalue weighted by molar-refractivity contribution is 7.88. The first-order valence-electron chi connectivity index (χ1n) is 8.93. The van der Waals surface area contributed by atoms with Gasteiger partial charge >= 0.3 is 0 Å². The van der Waals surface area contributed by atoms with Crippen molar-refractivity contribution in [2.24, 2.45) is 0 Å². The van der Waals surface area contributed by atoms with Crippen molar-refractivity contribution in [3.05, 3.63) is 70.6 Å². The minimum absolute atomic E-state index is 0.587. The molecule has 26 heavy (non-hydrogen) atoms. The molecule has 0 spiro atoms. The molecule has 1 unspecified atom stereocenters. The Morgan fingerprint density at radius 2 is 1.77 bits per heavy atom. The summed E-state index contributed by atoms with van der Waals surface area (Å²) in [5, 5.41) is 13.1. The number of rotatable bonds is 8. The first kappa shape index (κ1) is 20.4. The van der Waals surface area contributed by atoms with Gasteiger partial charge < -0.3 is 9.84 Å². The van der Waals surface area contributed by atoms with Gasteiger partial charge in [-0.3, -0.25) is 0 Å². The maximum Gasteiger partial charge on any atom is 0.118 e. The van der Waals surface area contributed by atoms with Gasteiger partial charge in [0.05, 0.1) is 17.9 Å². The molecule has 0 bridgehead atoms. The SMILES string of the molecule is CCCC[C@](O)(/C(C)=C\S(=O)c1ccc(C)cc1)c1ccc(OC)cc1. The normalized spacial score (nSPS) is 15.3. The minimum atomic E-state index is -1.30. The van der Waals surface area contributed by atoms with Gasteiger partial charge in [0, 0.05) is 10.3 Å². The van der Waals surface area contributed by atoms with Crippen LogP contribution in [0.15, 0.2) is 64.4 Å². The number of hydrogen-bond acceptors (Lipinski definition) is 3. The van der Waals surface area contributed by atoms with E-state index in [1.807, 2.05) is 62.4 Å². The molecular weight excluding hydrogens is 344 g/mol. The Hall–Kier alpha value is -1.91. The lowest BCUT2D eigenvalue weighted by Crippen LogP contribution is -2.27. The Kier molecular flexibility index (Phi) is 7.18. The predicted octanol–water partition coefficient (Wildman–Crippen LogP) is 5.09. The summed E-state index contributed by atoms with van der Waals surface area (Å²) in [6.07, 6.45) is 2.45. The monoisotopic (exact) mass is 372 g/mol. The summed E-state index contributed by atoms with van der Waals surface area (Å²) in [5.41, 5.74) is 1.49. The first-order chi connectivity index (χ1) is 12.4. The molecule has 0 aliphatic rings. The first-order valence-corrected chi connectivity index (χ1v) is 10.1. The van der Waals surface area contributed by atoms with Crippen molar-refractivity contribution in [2.75, 3.05) is 7.11 Å². The van der Waals surface area contributed by atoms with E-state index >= 15 is 0 Å². The van der Waals surface area contributed by atoms with Crippen molar-refractivity contribution in [3.8, 4) is 5.75 Å². The van der Waals surface area contributed by atoms with E-state index in [9.17, 15) is 9.32 Å². The van der Waals surface area contributed by atoms with Crippen LogP contribution in [0.1, 0.15) is 44.2 Å². The van der Waals surface area contributed by atoms with Gasteiger partial charge in [-0.15, -0.1) is 0 Å². The lowest BCUT2D eigenvalue weighted by atomic mass is 9.83. The third-order valence-electron chi connectivity index (χ3n) is 4.65. The summed E-state index contributed by atoms with van der Waals surface area (Å²) in [6, 6.07) is 15.1. The van der Waals surface area contributed by atoms with Crippen LogP contribution in [0, 0.1) is 6.92 Å². The van der Waals surface area contributed by atoms with Crippen LogP contribution in [0.2, 0.25) is 0 Å². The number of methoxy groups -OCH3 is 1. The highest BCUT2D eigenvalue weighted by atomic mass is 32.2. The fourth-order valence-corrected chi connectivity index (χ4v) is 3.92. The number of benzene rings is 2. The highest BCUT2D eigenvalue weighted by Crippen LogP contribution is 2.36. The summed E-state index contributed by atoms with van der Waals surface area (Å²) in [5.74, 6) is 0.747. The standard InChI is InChI=1S/C22H28O3S/c1-5-6-15-22(23,19-9-11-20(25-4)12-10-19)18(3)16-26(24)21-13-7-17(2)8-14-21/h7-14,16,23H,5-6,15H2,1-4H3/b18-16-/t22-,26?/m0/s1. The number of aryl methyl sites for hydroxylation is 1. The molecule has 1 N–H and O–H groups in total. The molecule has 0 aliphatic carbocycles. The van der Waals surface area contributed by atoms with Crippen LogP contribution in [0.3, 0.4) is 0 Å². The van der Waals surface area contributed by atoms with Crippen LogP contribution in [0.5, 0.6) is 5.75 Å². The molecule has 2 aromatic carbocycles. The summed E-state index contributed by atoms with van der Waals surface area (Å²) in [4.78, 5) is 0.738. The average molecular weight is 373 g/mol. The largest absolute Gasteiger partial charge is 0.497 e. The van der Waals surface area contributed by atoms with E-state index < -0.39 is 16.4 Å². The number of hydrogen-bond donors (Lipinski definition) is 1. The van der Waals surface area contributed by atoms with Gasteiger partial charge in [-0.25, -0.2) is 4.21 Å². The van der Waals surface area contributed by atoms with Crippen LogP contribution in [-0.2, 0) is 16.4 Å². The molecule has 0 saturated carbocycles. The van der Waals surface area contributed by atoms with E-state index in [1.165, 1.54) is 0 Å². The second-order valence-electron chi connectivity index (χ2n) is 6.60. The van der Waals surface area contributed by atoms with Crippen LogP contribution < -0.4 is 4.74 Å². The zero-order valence-corrected chi connectivity index (χ0v) is 16.8. The van der Waals surface area contributed by atoms with Crippen molar-refractivity contribution in [3.63, 3.8) is 0 Å². The van der Waals surface area contributed by atoms with Crippen LogP contribution in [-0.4, -0.2) is 16.4 Å². The van der Waals surface area contributed by atoms with Gasteiger partial charge in [0.1, 0.15) is 11.4 Å². The maximum atomic E-state index is 12.7. The fraction of sp³-hybridized carbons (Fsp3) is 0.364. The predicted molar refractivity (Wildman–Crippen MR) is 108 cm³/mol. The minimum Gasteiger partial charge on any atom is -0.497 e. The van der Waals surface area contributed by atoms with E-state index in [4.69, 9.17) is 4.74 Å². The molecule has 3 nitrogen and oxygen atoms in total. The number of aliphatic hydroxyl groups is 1. The summed E-state index contributed by atoms with van der Waals surface area (Å²) < 4.78 is 17.9. The van der Waals surface area contributed by atoms with Gasteiger partial charge in [-0.2, -0.15) is 0 Å². The van der Waals surface area contributed by atoms with Crippen molar-refractivity contribution < 1.29 is 14.1 Å². The van der Waals surface area contributed by atoms with Crippen LogP contribution in [0.4, 0.5) is 0 Å². The van der Waals surface area contributed by atoms with E-state index in [-0.39, 0.29) is 0 Å². The number of ether oxygens (including phenoxy) is 1. The van der Waals surface area contributed by atoms with Crippen molar-refractivity contribution >= 4 is 10.8 Å². The van der Waals surface area contributed by atoms with Gasteiger partial charge in [-0.05, 0) is 55.7 Å². The smallest absolute Gasteiger partial charge is 0.118 e. The number of unbranched alkanes of at least 4 members (excludes halogenated alkanes) is 1.